The van der Waals surface area contributed by atoms with Gasteiger partial charge in [0.15, 0.2) is 12.2 Å². The van der Waals surface area contributed by atoms with E-state index in [1.807, 2.05) is 0 Å². The third-order valence-electron chi connectivity index (χ3n) is 19.0. The topological polar surface area (TPSA) is 237 Å². The summed E-state index contributed by atoms with van der Waals surface area (Å²) in [4.78, 5) is 73.0. The van der Waals surface area contributed by atoms with Crippen LogP contribution in [0.5, 0.6) is 0 Å². The largest absolute Gasteiger partial charge is 0.472 e. The summed E-state index contributed by atoms with van der Waals surface area (Å²) in [5.41, 5.74) is 0. The lowest BCUT2D eigenvalue weighted by molar-refractivity contribution is -0.161. The highest BCUT2D eigenvalue weighted by Crippen LogP contribution is 2.45. The first kappa shape index (κ1) is 98.5. The number of allylic oxidation sites excluding steroid dienone is 4. The molecule has 0 aromatic carbocycles. The number of esters is 4. The van der Waals surface area contributed by atoms with Crippen LogP contribution in [0.25, 0.3) is 0 Å². The van der Waals surface area contributed by atoms with Gasteiger partial charge in [0.2, 0.25) is 0 Å². The molecule has 0 amide bonds. The minimum atomic E-state index is -4.97. The molecule has 0 saturated carbocycles. The molecule has 596 valence electrons. The van der Waals surface area contributed by atoms with Gasteiger partial charge in [0.05, 0.1) is 26.4 Å². The molecule has 0 radical (unpaired) electrons. The highest BCUT2D eigenvalue weighted by molar-refractivity contribution is 7.47. The smallest absolute Gasteiger partial charge is 0.462 e. The average Bonchev–Trinajstić information content (AvgIpc) is 0.927. The highest BCUT2D eigenvalue weighted by atomic mass is 31.2. The summed E-state index contributed by atoms with van der Waals surface area (Å²) in [5, 5.41) is 10.6. The molecule has 0 fully saturated rings. The van der Waals surface area contributed by atoms with Crippen LogP contribution < -0.4 is 0 Å². The Morgan fingerprint density at radius 3 is 0.842 bits per heavy atom. The molecule has 0 spiro atoms. The van der Waals surface area contributed by atoms with Crippen LogP contribution in [0.3, 0.4) is 0 Å². The van der Waals surface area contributed by atoms with Gasteiger partial charge >= 0.3 is 39.5 Å². The second-order valence-corrected chi connectivity index (χ2v) is 32.0. The summed E-state index contributed by atoms with van der Waals surface area (Å²) in [6.07, 6.45) is 68.7. The number of carbonyl (C=O) groups is 4. The van der Waals surface area contributed by atoms with E-state index in [1.165, 1.54) is 218 Å². The van der Waals surface area contributed by atoms with Gasteiger partial charge in [-0.05, 0) is 57.3 Å². The second-order valence-electron chi connectivity index (χ2n) is 29.1. The van der Waals surface area contributed by atoms with Crippen molar-refractivity contribution in [1.82, 2.24) is 0 Å². The number of hydrogen-bond acceptors (Lipinski definition) is 15. The maximum absolute atomic E-state index is 13.1. The van der Waals surface area contributed by atoms with Crippen molar-refractivity contribution in [2.75, 3.05) is 39.6 Å². The molecule has 0 saturated heterocycles. The van der Waals surface area contributed by atoms with Crippen molar-refractivity contribution in [3.05, 3.63) is 24.3 Å². The van der Waals surface area contributed by atoms with Crippen LogP contribution in [0.2, 0.25) is 0 Å². The average molecular weight is 1480 g/mol. The standard InChI is InChI=1S/C82H156O17P2/c1-6-10-13-16-19-22-25-27-32-37-41-46-51-56-61-66-80(85)93-72-78(99-82(87)68-63-58-53-48-43-38-34-31-29-28-30-33-36-40-44-49-54-59-64-75(5)9-4)74-97-101(90,91)95-70-76(83)69-94-100(88,89)96-73-77(71-92-79(84)65-60-55-50-45-39-24-21-18-15-12-8-3)98-81(86)67-62-57-52-47-42-35-26-23-20-17-14-11-7-2/h22,25,27,32,75-78,83H,6-21,23-24,26,28-31,33-74H2,1-5H3,(H,88,89)(H,90,91)/b25-22-,32-27-/t75?,76-,77+,78+/m0/s1. The minimum Gasteiger partial charge on any atom is -0.462 e. The summed E-state index contributed by atoms with van der Waals surface area (Å²) < 4.78 is 68.7. The molecule has 0 aromatic heterocycles. The maximum atomic E-state index is 13.1. The minimum absolute atomic E-state index is 0.102. The number of aliphatic hydroxyl groups excluding tert-OH is 1. The van der Waals surface area contributed by atoms with E-state index < -0.39 is 97.5 Å². The van der Waals surface area contributed by atoms with Crippen LogP contribution >= 0.6 is 15.6 Å². The lowest BCUT2D eigenvalue weighted by atomic mass is 9.99. The molecule has 3 N–H and O–H groups in total. The second kappa shape index (κ2) is 74.4. The van der Waals surface area contributed by atoms with Crippen LogP contribution in [0.4, 0.5) is 0 Å². The van der Waals surface area contributed by atoms with Gasteiger partial charge in [-0.2, -0.15) is 0 Å². The van der Waals surface area contributed by atoms with Gasteiger partial charge in [-0.1, -0.05) is 361 Å². The van der Waals surface area contributed by atoms with E-state index >= 15 is 0 Å². The van der Waals surface area contributed by atoms with Crippen molar-refractivity contribution in [2.24, 2.45) is 5.92 Å². The van der Waals surface area contributed by atoms with E-state index in [1.54, 1.807) is 0 Å². The number of hydrogen-bond donors (Lipinski definition) is 3. The number of aliphatic hydroxyl groups is 1. The van der Waals surface area contributed by atoms with Gasteiger partial charge in [0.1, 0.15) is 19.3 Å². The Morgan fingerprint density at radius 2 is 0.554 bits per heavy atom. The van der Waals surface area contributed by atoms with Crippen molar-refractivity contribution >= 4 is 39.5 Å². The van der Waals surface area contributed by atoms with Crippen molar-refractivity contribution in [2.45, 2.75) is 432 Å². The fourth-order valence-electron chi connectivity index (χ4n) is 12.2. The molecular formula is C82H156O17P2. The van der Waals surface area contributed by atoms with Crippen LogP contribution in [0.15, 0.2) is 24.3 Å². The van der Waals surface area contributed by atoms with Gasteiger partial charge in [-0.15, -0.1) is 0 Å². The van der Waals surface area contributed by atoms with E-state index in [0.717, 1.165) is 115 Å². The Balaban J connectivity index is 5.25. The molecule has 0 heterocycles. The van der Waals surface area contributed by atoms with Crippen molar-refractivity contribution in [3.8, 4) is 0 Å². The molecule has 6 atom stereocenters. The molecule has 19 heteroatoms. The number of ether oxygens (including phenoxy) is 4. The lowest BCUT2D eigenvalue weighted by Crippen LogP contribution is -2.30. The summed E-state index contributed by atoms with van der Waals surface area (Å²) in [7, 11) is -9.93. The Bertz CT molecular complexity index is 2020. The van der Waals surface area contributed by atoms with Crippen LogP contribution in [-0.2, 0) is 65.4 Å². The summed E-state index contributed by atoms with van der Waals surface area (Å²) in [6.45, 7) is 7.33. The lowest BCUT2D eigenvalue weighted by Gasteiger charge is -2.21. The quantitative estimate of drug-likeness (QED) is 0.0169. The molecule has 101 heavy (non-hydrogen) atoms. The SMILES string of the molecule is CCCCCC/C=C\C=C/CCCCCCCC(=O)OC[C@H](COP(=O)(O)OC[C@@H](O)COP(=O)(O)OC[C@@H](COC(=O)CCCCCCCCCCCCC)OC(=O)CCCCCCCCCCCCCCC)OC(=O)CCCCCCCCCCCCCCCCCCCCC(C)CC. The number of carbonyl (C=O) groups excluding carboxylic acids is 4. The van der Waals surface area contributed by atoms with Gasteiger partial charge in [-0.25, -0.2) is 9.13 Å². The van der Waals surface area contributed by atoms with E-state index in [0.29, 0.717) is 25.7 Å². The molecule has 0 aliphatic carbocycles. The fourth-order valence-corrected chi connectivity index (χ4v) is 13.8. The van der Waals surface area contributed by atoms with Crippen molar-refractivity contribution in [3.63, 3.8) is 0 Å². The first-order valence-corrected chi connectivity index (χ1v) is 45.0. The zero-order valence-corrected chi connectivity index (χ0v) is 67.3. The molecule has 0 aliphatic rings. The predicted octanol–water partition coefficient (Wildman–Crippen LogP) is 24.4. The third-order valence-corrected chi connectivity index (χ3v) is 20.9. The van der Waals surface area contributed by atoms with Crippen molar-refractivity contribution in [1.29, 1.82) is 0 Å². The summed E-state index contributed by atoms with van der Waals surface area (Å²) in [6, 6.07) is 0. The fraction of sp³-hybridized carbons (Fsp3) is 0.902. The first-order chi connectivity index (χ1) is 49.1. The molecule has 0 rings (SSSR count). The predicted molar refractivity (Wildman–Crippen MR) is 414 cm³/mol. The Morgan fingerprint density at radius 1 is 0.317 bits per heavy atom. The number of rotatable bonds is 80. The van der Waals surface area contributed by atoms with Crippen LogP contribution in [-0.4, -0.2) is 96.7 Å². The first-order valence-electron chi connectivity index (χ1n) is 42.0. The Hall–Kier alpha value is -2.46. The van der Waals surface area contributed by atoms with Crippen LogP contribution in [0.1, 0.15) is 413 Å². The molecule has 0 aromatic rings. The molecule has 0 aliphatic heterocycles. The van der Waals surface area contributed by atoms with E-state index in [2.05, 4.69) is 58.9 Å². The van der Waals surface area contributed by atoms with Crippen LogP contribution in [0, 0.1) is 5.92 Å². The zero-order chi connectivity index (χ0) is 74.1. The Kier molecular flexibility index (Phi) is 72.6. The summed E-state index contributed by atoms with van der Waals surface area (Å²) in [5.74, 6) is -1.27. The van der Waals surface area contributed by atoms with Gasteiger partial charge in [0.25, 0.3) is 0 Å². The van der Waals surface area contributed by atoms with E-state index in [9.17, 15) is 43.2 Å². The number of unbranched alkanes of at least 4 members (excludes halogenated alkanes) is 48. The monoisotopic (exact) mass is 1480 g/mol. The molecular weight excluding hydrogens is 1320 g/mol. The van der Waals surface area contributed by atoms with E-state index in [-0.39, 0.29) is 25.7 Å². The van der Waals surface area contributed by atoms with Crippen molar-refractivity contribution < 1.29 is 80.2 Å². The highest BCUT2D eigenvalue weighted by Gasteiger charge is 2.30. The third kappa shape index (κ3) is 74.2. The molecule has 3 unspecified atom stereocenters. The van der Waals surface area contributed by atoms with E-state index in [4.69, 9.17) is 37.0 Å². The zero-order valence-electron chi connectivity index (χ0n) is 65.5. The molecule has 0 bridgehead atoms. The van der Waals surface area contributed by atoms with Gasteiger partial charge in [0, 0.05) is 25.7 Å². The normalized spacial score (nSPS) is 14.3. The van der Waals surface area contributed by atoms with Gasteiger partial charge < -0.3 is 33.8 Å². The van der Waals surface area contributed by atoms with Gasteiger partial charge in [-0.3, -0.25) is 37.3 Å². The molecule has 17 nitrogen and oxygen atoms in total. The number of phosphoric ester groups is 2. The maximum Gasteiger partial charge on any atom is 0.472 e. The number of phosphoric acid groups is 2. The Labute approximate surface area is 618 Å². The summed E-state index contributed by atoms with van der Waals surface area (Å²) >= 11 is 0.